The molecule has 2 aliphatic heterocycles. The fourth-order valence-corrected chi connectivity index (χ4v) is 3.88. The molecule has 0 radical (unpaired) electrons. The zero-order valence-corrected chi connectivity index (χ0v) is 16.6. The molecule has 0 saturated carbocycles. The third kappa shape index (κ3) is 5.53. The van der Waals surface area contributed by atoms with Crippen LogP contribution < -0.4 is 10.6 Å². The summed E-state index contributed by atoms with van der Waals surface area (Å²) in [5.74, 6) is 1.21. The number of carbonyl (C=O) groups excluding carboxylic acids is 1. The van der Waals surface area contributed by atoms with E-state index in [9.17, 15) is 4.79 Å². The summed E-state index contributed by atoms with van der Waals surface area (Å²) < 4.78 is 16.6. The van der Waals surface area contributed by atoms with Crippen LogP contribution in [0.2, 0.25) is 0 Å². The first-order valence-corrected chi connectivity index (χ1v) is 10.2. The van der Waals surface area contributed by atoms with Gasteiger partial charge in [0.05, 0.1) is 23.8 Å². The summed E-state index contributed by atoms with van der Waals surface area (Å²) in [6.45, 7) is 8.45. The van der Waals surface area contributed by atoms with E-state index in [1.54, 1.807) is 0 Å². The SMILES string of the molecule is CC(C)OCCCNC(=O)[C@@]1(Cc2cc([C@@H]3CCOC3)no2)CCCNC1. The smallest absolute Gasteiger partial charge is 0.227 e. The third-order valence-corrected chi connectivity index (χ3v) is 5.45. The lowest BCUT2D eigenvalue weighted by atomic mass is 9.76. The number of nitrogens with one attached hydrogen (secondary N) is 2. The standard InChI is InChI=1S/C20H33N3O4/c1-15(2)26-9-4-8-22-19(24)20(6-3-7-21-14-20)12-17-11-18(23-27-17)16-5-10-25-13-16/h11,15-16,21H,3-10,12-14H2,1-2H3,(H,22,24)/t16-,20-/m1/s1. The lowest BCUT2D eigenvalue weighted by molar-refractivity contribution is -0.132. The van der Waals surface area contributed by atoms with E-state index < -0.39 is 5.41 Å². The number of ether oxygens (including phenoxy) is 2. The molecule has 2 atom stereocenters. The average Bonchev–Trinajstić information content (AvgIpc) is 3.33. The van der Waals surface area contributed by atoms with Crippen LogP contribution >= 0.6 is 0 Å². The molecule has 3 heterocycles. The van der Waals surface area contributed by atoms with Gasteiger partial charge in [0.2, 0.25) is 5.91 Å². The Kier molecular flexibility index (Phi) is 7.26. The van der Waals surface area contributed by atoms with Crippen LogP contribution in [0.4, 0.5) is 0 Å². The summed E-state index contributed by atoms with van der Waals surface area (Å²) >= 11 is 0. The van der Waals surface area contributed by atoms with Crippen LogP contribution in [0.3, 0.4) is 0 Å². The predicted molar refractivity (Wildman–Crippen MR) is 102 cm³/mol. The van der Waals surface area contributed by atoms with Gasteiger partial charge in [-0.25, -0.2) is 0 Å². The first-order valence-electron chi connectivity index (χ1n) is 10.2. The zero-order chi connectivity index (χ0) is 19.1. The van der Waals surface area contributed by atoms with Gasteiger partial charge in [-0.15, -0.1) is 0 Å². The Labute approximate surface area is 161 Å². The van der Waals surface area contributed by atoms with E-state index in [2.05, 4.69) is 15.8 Å². The molecule has 1 aromatic rings. The van der Waals surface area contributed by atoms with Crippen LogP contribution in [-0.2, 0) is 20.7 Å². The second-order valence-corrected chi connectivity index (χ2v) is 8.05. The molecule has 2 N–H and O–H groups in total. The van der Waals surface area contributed by atoms with Gasteiger partial charge in [0.1, 0.15) is 5.76 Å². The number of amides is 1. The summed E-state index contributed by atoms with van der Waals surface area (Å²) in [6, 6.07) is 2.01. The Morgan fingerprint density at radius 2 is 2.41 bits per heavy atom. The molecule has 0 aliphatic carbocycles. The van der Waals surface area contributed by atoms with Crippen molar-refractivity contribution in [2.75, 3.05) is 39.5 Å². The molecule has 1 aromatic heterocycles. The second-order valence-electron chi connectivity index (χ2n) is 8.05. The second kappa shape index (κ2) is 9.66. The number of carbonyl (C=O) groups is 1. The topological polar surface area (TPSA) is 85.6 Å². The van der Waals surface area contributed by atoms with Gasteiger partial charge in [-0.05, 0) is 46.1 Å². The van der Waals surface area contributed by atoms with Crippen LogP contribution in [0.25, 0.3) is 0 Å². The van der Waals surface area contributed by atoms with Gasteiger partial charge in [0.15, 0.2) is 0 Å². The quantitative estimate of drug-likeness (QED) is 0.639. The van der Waals surface area contributed by atoms with Crippen molar-refractivity contribution >= 4 is 5.91 Å². The fraction of sp³-hybridized carbons (Fsp3) is 0.800. The molecule has 0 bridgehead atoms. The lowest BCUT2D eigenvalue weighted by Gasteiger charge is -2.35. The number of piperidine rings is 1. The number of aromatic nitrogens is 1. The lowest BCUT2D eigenvalue weighted by Crippen LogP contribution is -2.52. The molecular formula is C20H33N3O4. The van der Waals surface area contributed by atoms with Crippen molar-refractivity contribution in [3.05, 3.63) is 17.5 Å². The van der Waals surface area contributed by atoms with E-state index in [4.69, 9.17) is 14.0 Å². The molecule has 2 aliphatic rings. The zero-order valence-electron chi connectivity index (χ0n) is 16.6. The molecule has 1 amide bonds. The van der Waals surface area contributed by atoms with Crippen LogP contribution in [0.1, 0.15) is 56.9 Å². The third-order valence-electron chi connectivity index (χ3n) is 5.45. The highest BCUT2D eigenvalue weighted by molar-refractivity contribution is 5.83. The van der Waals surface area contributed by atoms with Gasteiger partial charge < -0.3 is 24.6 Å². The van der Waals surface area contributed by atoms with Crippen LogP contribution in [-0.4, -0.2) is 56.6 Å². The van der Waals surface area contributed by atoms with E-state index in [1.807, 2.05) is 19.9 Å². The maximum absolute atomic E-state index is 13.0. The van der Waals surface area contributed by atoms with Gasteiger partial charge in [-0.1, -0.05) is 5.16 Å². The molecule has 7 nitrogen and oxygen atoms in total. The van der Waals surface area contributed by atoms with Crippen molar-refractivity contribution in [3.8, 4) is 0 Å². The highest BCUT2D eigenvalue weighted by Crippen LogP contribution is 2.33. The van der Waals surface area contributed by atoms with Crippen molar-refractivity contribution < 1.29 is 18.8 Å². The molecule has 7 heteroatoms. The van der Waals surface area contributed by atoms with Crippen LogP contribution in [0.5, 0.6) is 0 Å². The van der Waals surface area contributed by atoms with Crippen molar-refractivity contribution in [2.45, 2.75) is 58.0 Å². The number of rotatable bonds is 9. The summed E-state index contributed by atoms with van der Waals surface area (Å²) in [4.78, 5) is 13.0. The Balaban J connectivity index is 1.58. The highest BCUT2D eigenvalue weighted by atomic mass is 16.5. The predicted octanol–water partition coefficient (Wildman–Crippen LogP) is 2.02. The van der Waals surface area contributed by atoms with Crippen LogP contribution in [0.15, 0.2) is 10.6 Å². The summed E-state index contributed by atoms with van der Waals surface area (Å²) in [5, 5.41) is 10.7. The Morgan fingerprint density at radius 3 is 3.11 bits per heavy atom. The minimum absolute atomic E-state index is 0.0985. The number of hydrogen-bond acceptors (Lipinski definition) is 6. The minimum Gasteiger partial charge on any atom is -0.381 e. The minimum atomic E-state index is -0.472. The van der Waals surface area contributed by atoms with E-state index in [1.165, 1.54) is 0 Å². The van der Waals surface area contributed by atoms with Crippen molar-refractivity contribution in [1.29, 1.82) is 0 Å². The molecule has 0 spiro atoms. The van der Waals surface area contributed by atoms with Crippen LogP contribution in [0, 0.1) is 5.41 Å². The van der Waals surface area contributed by atoms with E-state index >= 15 is 0 Å². The summed E-state index contributed by atoms with van der Waals surface area (Å²) in [5.41, 5.74) is 0.479. The van der Waals surface area contributed by atoms with E-state index in [0.717, 1.165) is 50.3 Å². The molecule has 0 aromatic carbocycles. The maximum atomic E-state index is 13.0. The number of hydrogen-bond donors (Lipinski definition) is 2. The Hall–Kier alpha value is -1.44. The summed E-state index contributed by atoms with van der Waals surface area (Å²) in [6.07, 6.45) is 4.45. The highest BCUT2D eigenvalue weighted by Gasteiger charge is 2.40. The number of nitrogens with zero attached hydrogens (tertiary/aromatic N) is 1. The first-order chi connectivity index (χ1) is 13.1. The van der Waals surface area contributed by atoms with E-state index in [-0.39, 0.29) is 12.0 Å². The van der Waals surface area contributed by atoms with Crippen molar-refractivity contribution in [3.63, 3.8) is 0 Å². The summed E-state index contributed by atoms with van der Waals surface area (Å²) in [7, 11) is 0. The van der Waals surface area contributed by atoms with Gasteiger partial charge in [-0.3, -0.25) is 4.79 Å². The average molecular weight is 380 g/mol. The Bertz CT molecular complexity index is 590. The molecule has 3 rings (SSSR count). The van der Waals surface area contributed by atoms with Gasteiger partial charge in [0, 0.05) is 44.7 Å². The molecule has 152 valence electrons. The molecule has 27 heavy (non-hydrogen) atoms. The van der Waals surface area contributed by atoms with Gasteiger partial charge >= 0.3 is 0 Å². The van der Waals surface area contributed by atoms with Crippen molar-refractivity contribution in [1.82, 2.24) is 15.8 Å². The largest absolute Gasteiger partial charge is 0.381 e. The fourth-order valence-electron chi connectivity index (χ4n) is 3.88. The molecule has 2 saturated heterocycles. The maximum Gasteiger partial charge on any atom is 0.227 e. The molecular weight excluding hydrogens is 346 g/mol. The Morgan fingerprint density at radius 1 is 1.52 bits per heavy atom. The van der Waals surface area contributed by atoms with E-state index in [0.29, 0.717) is 38.6 Å². The van der Waals surface area contributed by atoms with Gasteiger partial charge in [-0.2, -0.15) is 0 Å². The first kappa shape index (κ1) is 20.3. The monoisotopic (exact) mass is 379 g/mol. The molecule has 2 fully saturated rings. The normalized spacial score (nSPS) is 25.8. The van der Waals surface area contributed by atoms with Crippen molar-refractivity contribution in [2.24, 2.45) is 5.41 Å². The van der Waals surface area contributed by atoms with Gasteiger partial charge in [0.25, 0.3) is 0 Å². The molecule has 0 unspecified atom stereocenters.